The zero-order chi connectivity index (χ0) is 13.0. The number of hydrogen-bond acceptors (Lipinski definition) is 5. The van der Waals surface area contributed by atoms with E-state index in [1.807, 2.05) is 24.7 Å². The van der Waals surface area contributed by atoms with Gasteiger partial charge in [0, 0.05) is 13.8 Å². The van der Waals surface area contributed by atoms with Crippen LogP contribution in [0.5, 0.6) is 0 Å². The van der Waals surface area contributed by atoms with Gasteiger partial charge in [-0.15, -0.1) is 11.8 Å². The Kier molecular flexibility index (Phi) is 5.39. The van der Waals surface area contributed by atoms with Crippen molar-refractivity contribution >= 4 is 35.4 Å². The summed E-state index contributed by atoms with van der Waals surface area (Å²) in [6, 6.07) is 0. The monoisotopic (exact) mass is 275 g/mol. The lowest BCUT2D eigenvalue weighted by atomic mass is 10.2. The van der Waals surface area contributed by atoms with Gasteiger partial charge in [0.25, 0.3) is 0 Å². The van der Waals surface area contributed by atoms with E-state index in [-0.39, 0.29) is 22.5 Å². The lowest BCUT2D eigenvalue weighted by Gasteiger charge is -2.40. The van der Waals surface area contributed by atoms with Crippen molar-refractivity contribution in [2.75, 3.05) is 12.5 Å². The minimum atomic E-state index is -0.512. The summed E-state index contributed by atoms with van der Waals surface area (Å²) >= 11 is 3.11. The first-order valence-electron chi connectivity index (χ1n) is 5.21. The predicted octanol–water partition coefficient (Wildman–Crippen LogP) is 1.71. The number of thioether (sulfide) groups is 2. The van der Waals surface area contributed by atoms with Crippen LogP contribution in [0.15, 0.2) is 12.2 Å². The maximum Gasteiger partial charge on any atom is 0.304 e. The first kappa shape index (κ1) is 14.4. The Morgan fingerprint density at radius 1 is 1.18 bits per heavy atom. The van der Waals surface area contributed by atoms with Gasteiger partial charge in [0.15, 0.2) is 6.23 Å². The van der Waals surface area contributed by atoms with Crippen molar-refractivity contribution < 1.29 is 14.3 Å². The fourth-order valence-corrected chi connectivity index (χ4v) is 3.15. The third-order valence-corrected chi connectivity index (χ3v) is 4.26. The largest absolute Gasteiger partial charge is 0.440 e. The van der Waals surface area contributed by atoms with E-state index in [9.17, 15) is 9.59 Å². The number of carbonyl (C=O) groups is 2. The molecule has 0 aromatic rings. The van der Waals surface area contributed by atoms with E-state index in [1.165, 1.54) is 13.8 Å². The molecule has 1 aliphatic heterocycles. The second-order valence-electron chi connectivity index (χ2n) is 3.64. The minimum absolute atomic E-state index is 0.00815. The molecule has 3 atom stereocenters. The lowest BCUT2D eigenvalue weighted by molar-refractivity contribution is -0.162. The van der Waals surface area contributed by atoms with Gasteiger partial charge in [-0.25, -0.2) is 0 Å². The van der Waals surface area contributed by atoms with Crippen LogP contribution in [0.25, 0.3) is 0 Å². The smallest absolute Gasteiger partial charge is 0.304 e. The van der Waals surface area contributed by atoms with Crippen LogP contribution in [0.1, 0.15) is 13.8 Å². The molecular formula is C11H17NO3S2. The minimum Gasteiger partial charge on any atom is -0.440 e. The summed E-state index contributed by atoms with van der Waals surface area (Å²) in [7, 11) is 0. The number of hydrogen-bond donors (Lipinski definition) is 0. The van der Waals surface area contributed by atoms with E-state index in [4.69, 9.17) is 4.74 Å². The normalized spacial score (nSPS) is 28.0. The van der Waals surface area contributed by atoms with Gasteiger partial charge >= 0.3 is 5.97 Å². The molecule has 1 aliphatic rings. The highest BCUT2D eigenvalue weighted by Gasteiger charge is 2.37. The van der Waals surface area contributed by atoms with Gasteiger partial charge in [-0.05, 0) is 12.5 Å². The molecule has 1 rings (SSSR count). The van der Waals surface area contributed by atoms with Crippen LogP contribution in [-0.2, 0) is 14.3 Å². The second-order valence-corrected chi connectivity index (χ2v) is 5.61. The fraction of sp³-hybridized carbons (Fsp3) is 0.636. The molecule has 0 N–H and O–H groups in total. The molecule has 1 heterocycles. The molecule has 0 aromatic carbocycles. The highest BCUT2D eigenvalue weighted by atomic mass is 32.2. The number of amides is 1. The molecule has 1 amide bonds. The Bertz CT molecular complexity index is 333. The number of carbonyl (C=O) groups excluding carboxylic acids is 2. The predicted molar refractivity (Wildman–Crippen MR) is 71.8 cm³/mol. The van der Waals surface area contributed by atoms with Crippen molar-refractivity contribution in [3.05, 3.63) is 12.2 Å². The number of esters is 1. The van der Waals surface area contributed by atoms with Crippen LogP contribution in [0, 0.1) is 0 Å². The van der Waals surface area contributed by atoms with Gasteiger partial charge in [-0.2, -0.15) is 11.8 Å². The molecule has 0 saturated carbocycles. The number of rotatable bonds is 3. The Morgan fingerprint density at radius 3 is 2.24 bits per heavy atom. The van der Waals surface area contributed by atoms with Crippen molar-refractivity contribution in [2.45, 2.75) is 30.7 Å². The van der Waals surface area contributed by atoms with Gasteiger partial charge in [-0.3, -0.25) is 14.5 Å². The molecule has 0 radical (unpaired) electrons. The maximum absolute atomic E-state index is 11.7. The second kappa shape index (κ2) is 6.35. The third-order valence-electron chi connectivity index (χ3n) is 2.46. The molecule has 0 fully saturated rings. The van der Waals surface area contributed by atoms with Crippen LogP contribution >= 0.6 is 23.5 Å². The van der Waals surface area contributed by atoms with Crippen LogP contribution in [0.4, 0.5) is 0 Å². The van der Waals surface area contributed by atoms with E-state index < -0.39 is 6.23 Å². The van der Waals surface area contributed by atoms with E-state index in [2.05, 4.69) is 0 Å². The standard InChI is InChI=1S/C11H17NO3S2/c1-7(13)12-10(17-4)6-5-9(16-3)11(12)15-8(2)14/h5-6,9-11H,1-4H3. The van der Waals surface area contributed by atoms with Crippen molar-refractivity contribution in [2.24, 2.45) is 0 Å². The summed E-state index contributed by atoms with van der Waals surface area (Å²) in [6.07, 6.45) is 7.33. The SMILES string of the molecule is CSC1C=CC(SC)N(C(C)=O)C1OC(C)=O. The quantitative estimate of drug-likeness (QED) is 0.580. The van der Waals surface area contributed by atoms with Crippen LogP contribution in [0.3, 0.4) is 0 Å². The highest BCUT2D eigenvalue weighted by Crippen LogP contribution is 2.30. The highest BCUT2D eigenvalue weighted by molar-refractivity contribution is 7.99. The van der Waals surface area contributed by atoms with Gasteiger partial charge in [0.2, 0.25) is 5.91 Å². The van der Waals surface area contributed by atoms with Gasteiger partial charge < -0.3 is 4.74 Å². The average molecular weight is 275 g/mol. The Balaban J connectivity index is 3.01. The van der Waals surface area contributed by atoms with Crippen LogP contribution in [0.2, 0.25) is 0 Å². The molecule has 0 saturated heterocycles. The summed E-state index contributed by atoms with van der Waals surface area (Å²) < 4.78 is 5.28. The molecule has 3 unspecified atom stereocenters. The molecule has 4 nitrogen and oxygen atoms in total. The van der Waals surface area contributed by atoms with Gasteiger partial charge in [0.1, 0.15) is 0 Å². The third kappa shape index (κ3) is 3.42. The molecule has 0 bridgehead atoms. The average Bonchev–Trinajstić information content (AvgIpc) is 2.27. The van der Waals surface area contributed by atoms with E-state index in [0.717, 1.165) is 0 Å². The topological polar surface area (TPSA) is 46.6 Å². The Morgan fingerprint density at radius 2 is 1.82 bits per heavy atom. The first-order chi connectivity index (χ1) is 8.01. The van der Waals surface area contributed by atoms with Crippen molar-refractivity contribution in [3.8, 4) is 0 Å². The molecule has 6 heteroatoms. The summed E-state index contributed by atoms with van der Waals surface area (Å²) in [6.45, 7) is 2.86. The van der Waals surface area contributed by atoms with E-state index >= 15 is 0 Å². The zero-order valence-corrected chi connectivity index (χ0v) is 12.0. The molecule has 0 aromatic heterocycles. The lowest BCUT2D eigenvalue weighted by Crippen LogP contribution is -2.52. The molecule has 17 heavy (non-hydrogen) atoms. The molecule has 0 aliphatic carbocycles. The summed E-state index contributed by atoms with van der Waals surface area (Å²) in [4.78, 5) is 24.5. The van der Waals surface area contributed by atoms with Crippen LogP contribution in [-0.4, -0.2) is 46.1 Å². The summed E-state index contributed by atoms with van der Waals surface area (Å²) in [5.41, 5.74) is 0. The fourth-order valence-electron chi connectivity index (χ4n) is 1.73. The van der Waals surface area contributed by atoms with E-state index in [1.54, 1.807) is 28.4 Å². The van der Waals surface area contributed by atoms with Crippen molar-refractivity contribution in [1.82, 2.24) is 4.90 Å². The zero-order valence-electron chi connectivity index (χ0n) is 10.4. The van der Waals surface area contributed by atoms with Crippen molar-refractivity contribution in [1.29, 1.82) is 0 Å². The van der Waals surface area contributed by atoms with E-state index in [0.29, 0.717) is 0 Å². The molecule has 96 valence electrons. The summed E-state index contributed by atoms with van der Waals surface area (Å²) in [5.74, 6) is -0.450. The first-order valence-corrected chi connectivity index (χ1v) is 7.79. The Labute approximate surface area is 110 Å². The van der Waals surface area contributed by atoms with Gasteiger partial charge in [0.05, 0.1) is 10.6 Å². The maximum atomic E-state index is 11.7. The molecule has 0 spiro atoms. The number of ether oxygens (including phenoxy) is 1. The van der Waals surface area contributed by atoms with Crippen molar-refractivity contribution in [3.63, 3.8) is 0 Å². The van der Waals surface area contributed by atoms with Gasteiger partial charge in [-0.1, -0.05) is 12.2 Å². The number of nitrogens with zero attached hydrogens (tertiary/aromatic N) is 1. The Hall–Kier alpha value is -0.620. The molecular weight excluding hydrogens is 258 g/mol. The van der Waals surface area contributed by atoms with Crippen LogP contribution < -0.4 is 0 Å². The summed E-state index contributed by atoms with van der Waals surface area (Å²) in [5, 5.41) is -0.0774.